The summed E-state index contributed by atoms with van der Waals surface area (Å²) in [5.41, 5.74) is -3.31. The lowest BCUT2D eigenvalue weighted by Gasteiger charge is -2.30. The number of piperidine rings is 1. The molecule has 1 saturated heterocycles. The number of alkyl halides is 3. The summed E-state index contributed by atoms with van der Waals surface area (Å²) in [6.07, 6.45) is 10.4. The molecule has 6 rings (SSSR count). The summed E-state index contributed by atoms with van der Waals surface area (Å²) in [6.45, 7) is 1.96. The van der Waals surface area contributed by atoms with Gasteiger partial charge in [-0.1, -0.05) is 11.8 Å². The highest BCUT2D eigenvalue weighted by atomic mass is 32.2. The monoisotopic (exact) mass is 529 g/mol. The summed E-state index contributed by atoms with van der Waals surface area (Å²) in [5.74, 6) is 6.39. The number of likely N-dealkylation sites (tertiary alicyclic amines) is 1. The molecular weight excluding hydrogens is 503 g/mol. The SMILES string of the molecule is CN1CC[C@@]2(Nc3nccn4c(SC(F)(F)F)c(C#CCNC(=O)c5cnn(C6CC6)c5)cc34)C[C@H]2C1. The van der Waals surface area contributed by atoms with Crippen LogP contribution in [0.1, 0.15) is 47.6 Å². The van der Waals surface area contributed by atoms with Crippen LogP contribution in [0.3, 0.4) is 0 Å². The molecule has 0 bridgehead atoms. The Morgan fingerprint density at radius 2 is 2.19 bits per heavy atom. The molecule has 2 aliphatic carbocycles. The normalized spacial score (nSPS) is 23.3. The van der Waals surface area contributed by atoms with Crippen molar-refractivity contribution in [2.75, 3.05) is 32.0 Å². The maximum Gasteiger partial charge on any atom is 0.447 e. The number of hydrogen-bond donors (Lipinski definition) is 2. The van der Waals surface area contributed by atoms with E-state index in [2.05, 4.69) is 44.5 Å². The molecule has 8 nitrogen and oxygen atoms in total. The Labute approximate surface area is 216 Å². The van der Waals surface area contributed by atoms with E-state index in [-0.39, 0.29) is 40.3 Å². The Balaban J connectivity index is 1.22. The molecule has 3 fully saturated rings. The van der Waals surface area contributed by atoms with Crippen LogP contribution in [0, 0.1) is 17.8 Å². The van der Waals surface area contributed by atoms with Crippen LogP contribution in [-0.2, 0) is 0 Å². The highest BCUT2D eigenvalue weighted by Gasteiger charge is 2.56. The first-order chi connectivity index (χ1) is 17.7. The predicted octanol–water partition coefficient (Wildman–Crippen LogP) is 3.77. The van der Waals surface area contributed by atoms with Crippen molar-refractivity contribution in [1.29, 1.82) is 0 Å². The van der Waals surface area contributed by atoms with E-state index in [1.807, 2.05) is 0 Å². The van der Waals surface area contributed by atoms with E-state index < -0.39 is 5.51 Å². The number of nitrogens with zero attached hydrogens (tertiary/aromatic N) is 5. The molecule has 3 aromatic heterocycles. The van der Waals surface area contributed by atoms with Gasteiger partial charge in [0.25, 0.3) is 5.91 Å². The van der Waals surface area contributed by atoms with Gasteiger partial charge in [0.05, 0.1) is 35.4 Å². The first-order valence-electron chi connectivity index (χ1n) is 12.2. The van der Waals surface area contributed by atoms with Crippen molar-refractivity contribution in [1.82, 2.24) is 29.4 Å². The average molecular weight is 530 g/mol. The number of nitrogens with one attached hydrogen (secondary N) is 2. The minimum Gasteiger partial charge on any atom is -0.363 e. The number of amides is 1. The van der Waals surface area contributed by atoms with Gasteiger partial charge in [-0.15, -0.1) is 0 Å². The molecule has 37 heavy (non-hydrogen) atoms. The number of thioether (sulfide) groups is 1. The van der Waals surface area contributed by atoms with Gasteiger partial charge >= 0.3 is 5.51 Å². The van der Waals surface area contributed by atoms with Gasteiger partial charge in [-0.25, -0.2) is 4.98 Å². The molecule has 194 valence electrons. The van der Waals surface area contributed by atoms with E-state index >= 15 is 0 Å². The lowest BCUT2D eigenvalue weighted by Crippen LogP contribution is -2.39. The minimum atomic E-state index is -4.48. The largest absolute Gasteiger partial charge is 0.447 e. The third-order valence-corrected chi connectivity index (χ3v) is 8.12. The number of carbonyl (C=O) groups excluding carboxylic acids is 1. The van der Waals surface area contributed by atoms with Gasteiger partial charge in [-0.05, 0) is 44.7 Å². The summed E-state index contributed by atoms with van der Waals surface area (Å²) in [7, 11) is 2.10. The molecule has 4 heterocycles. The molecule has 3 aromatic rings. The topological polar surface area (TPSA) is 79.5 Å². The summed E-state index contributed by atoms with van der Waals surface area (Å²) in [4.78, 5) is 19.2. The molecule has 1 amide bonds. The number of hydrogen-bond acceptors (Lipinski definition) is 6. The Morgan fingerprint density at radius 3 is 2.95 bits per heavy atom. The molecule has 0 spiro atoms. The van der Waals surface area contributed by atoms with Crippen LogP contribution >= 0.6 is 11.8 Å². The highest BCUT2D eigenvalue weighted by Crippen LogP contribution is 2.51. The second kappa shape index (κ2) is 8.99. The van der Waals surface area contributed by atoms with E-state index in [1.165, 1.54) is 23.0 Å². The minimum absolute atomic E-state index is 0.00256. The summed E-state index contributed by atoms with van der Waals surface area (Å²) in [6, 6.07) is 2.01. The molecule has 0 aromatic carbocycles. The van der Waals surface area contributed by atoms with Crippen molar-refractivity contribution < 1.29 is 18.0 Å². The van der Waals surface area contributed by atoms with Crippen LogP contribution in [0.2, 0.25) is 0 Å². The zero-order chi connectivity index (χ0) is 25.8. The Hall–Kier alpha value is -3.17. The van der Waals surface area contributed by atoms with Crippen LogP contribution in [0.25, 0.3) is 5.52 Å². The van der Waals surface area contributed by atoms with Crippen molar-refractivity contribution in [2.45, 2.75) is 47.8 Å². The van der Waals surface area contributed by atoms with Crippen LogP contribution in [0.5, 0.6) is 0 Å². The molecule has 2 N–H and O–H groups in total. The Bertz CT molecular complexity index is 1420. The van der Waals surface area contributed by atoms with Gasteiger partial charge in [-0.2, -0.15) is 18.3 Å². The maximum atomic E-state index is 13.5. The molecule has 0 radical (unpaired) electrons. The van der Waals surface area contributed by atoms with Crippen LogP contribution in [0.15, 0.2) is 35.9 Å². The van der Waals surface area contributed by atoms with Crippen LogP contribution in [0.4, 0.5) is 19.0 Å². The van der Waals surface area contributed by atoms with E-state index in [4.69, 9.17) is 0 Å². The summed E-state index contributed by atoms with van der Waals surface area (Å²) in [5, 5.41) is 10.4. The Kier molecular flexibility index (Phi) is 5.88. The van der Waals surface area contributed by atoms with E-state index in [9.17, 15) is 18.0 Å². The van der Waals surface area contributed by atoms with E-state index in [0.29, 0.717) is 28.9 Å². The summed E-state index contributed by atoms with van der Waals surface area (Å²) < 4.78 is 43.6. The Morgan fingerprint density at radius 1 is 1.35 bits per heavy atom. The van der Waals surface area contributed by atoms with Crippen molar-refractivity contribution in [3.8, 4) is 11.8 Å². The van der Waals surface area contributed by atoms with Crippen molar-refractivity contribution >= 4 is 29.0 Å². The molecule has 1 aliphatic heterocycles. The number of halogens is 3. The average Bonchev–Trinajstić information content (AvgIpc) is 3.73. The fourth-order valence-corrected chi connectivity index (χ4v) is 5.77. The lowest BCUT2D eigenvalue weighted by molar-refractivity contribution is -0.0329. The first kappa shape index (κ1) is 24.2. The lowest BCUT2D eigenvalue weighted by atomic mass is 10.1. The standard InChI is InChI=1S/C25H26F3N7OS/c1-33-9-6-24(12-18(24)15-33)32-21-20-11-16(23(37-25(26,27)28)34(20)10-8-29-21)3-2-7-30-22(36)17-13-31-35(14-17)19-4-5-19/h8,10-11,13-14,18-19H,4-7,9,12,15H2,1H3,(H,29,32)(H,30,36)/t18-,24+/m0/s1. The van der Waals surface area contributed by atoms with E-state index in [1.54, 1.807) is 16.9 Å². The quantitative estimate of drug-likeness (QED) is 0.374. The fourth-order valence-electron chi connectivity index (χ4n) is 5.07. The first-order valence-corrected chi connectivity index (χ1v) is 13.1. The number of rotatable bonds is 6. The number of anilines is 1. The second-order valence-corrected chi connectivity index (χ2v) is 11.1. The van der Waals surface area contributed by atoms with Crippen molar-refractivity contribution in [2.24, 2.45) is 5.92 Å². The van der Waals surface area contributed by atoms with Gasteiger partial charge < -0.3 is 19.9 Å². The summed E-state index contributed by atoms with van der Waals surface area (Å²) >= 11 is -0.199. The predicted molar refractivity (Wildman–Crippen MR) is 133 cm³/mol. The third-order valence-electron chi connectivity index (χ3n) is 7.28. The van der Waals surface area contributed by atoms with Crippen molar-refractivity contribution in [3.05, 3.63) is 42.0 Å². The van der Waals surface area contributed by atoms with Crippen molar-refractivity contribution in [3.63, 3.8) is 0 Å². The zero-order valence-electron chi connectivity index (χ0n) is 20.2. The van der Waals surface area contributed by atoms with Gasteiger partial charge in [0.15, 0.2) is 5.82 Å². The molecule has 2 saturated carbocycles. The van der Waals surface area contributed by atoms with Crippen LogP contribution < -0.4 is 10.6 Å². The van der Waals surface area contributed by atoms with E-state index in [0.717, 1.165) is 38.8 Å². The second-order valence-electron chi connectivity index (χ2n) is 10.1. The number of aromatic nitrogens is 4. The number of carbonyl (C=O) groups is 1. The van der Waals surface area contributed by atoms with Gasteiger partial charge in [-0.3, -0.25) is 9.48 Å². The molecule has 12 heteroatoms. The third kappa shape index (κ3) is 5.02. The van der Waals surface area contributed by atoms with Crippen LogP contribution in [-0.4, -0.2) is 67.7 Å². The number of fused-ring (bicyclic) bond motifs is 2. The smallest absolute Gasteiger partial charge is 0.363 e. The molecule has 2 atom stereocenters. The maximum absolute atomic E-state index is 13.5. The molecule has 3 aliphatic rings. The molecular formula is C25H26F3N7OS. The molecule has 0 unspecified atom stereocenters. The fraction of sp³-hybridized carbons (Fsp3) is 0.480. The van der Waals surface area contributed by atoms with Gasteiger partial charge in [0, 0.05) is 49.0 Å². The highest BCUT2D eigenvalue weighted by molar-refractivity contribution is 8.00. The van der Waals surface area contributed by atoms with Gasteiger partial charge in [0.1, 0.15) is 5.03 Å². The zero-order valence-corrected chi connectivity index (χ0v) is 21.0. The van der Waals surface area contributed by atoms with Gasteiger partial charge in [0.2, 0.25) is 0 Å².